The lowest BCUT2D eigenvalue weighted by Crippen LogP contribution is -2.09. The highest BCUT2D eigenvalue weighted by molar-refractivity contribution is 6.03. The molecule has 4 heteroatoms. The van der Waals surface area contributed by atoms with Crippen molar-refractivity contribution >= 4 is 22.3 Å². The van der Waals surface area contributed by atoms with Crippen LogP contribution in [0.4, 0.5) is 11.4 Å². The summed E-state index contributed by atoms with van der Waals surface area (Å²) in [5.41, 5.74) is 14.4. The fourth-order valence-corrected chi connectivity index (χ4v) is 3.87. The number of nitrogens with two attached hydrogens (primary N) is 1. The molecule has 3 N–H and O–H groups in total. The van der Waals surface area contributed by atoms with Crippen molar-refractivity contribution in [2.45, 2.75) is 27.7 Å². The van der Waals surface area contributed by atoms with Gasteiger partial charge in [-0.15, -0.1) is 0 Å². The zero-order valence-corrected chi connectivity index (χ0v) is 17.5. The molecule has 1 aliphatic heterocycles. The normalized spacial score (nSPS) is 12.1. The third-order valence-electron chi connectivity index (χ3n) is 5.28. The van der Waals surface area contributed by atoms with Crippen molar-refractivity contribution in [2.75, 3.05) is 24.1 Å². The van der Waals surface area contributed by atoms with Gasteiger partial charge in [0.1, 0.15) is 11.3 Å². The molecule has 4 rings (SSSR count). The van der Waals surface area contributed by atoms with Crippen molar-refractivity contribution in [2.24, 2.45) is 4.99 Å². The molecular formula is C25H27N3O. The third kappa shape index (κ3) is 3.46. The van der Waals surface area contributed by atoms with E-state index >= 15 is 0 Å². The zero-order valence-electron chi connectivity index (χ0n) is 17.5. The number of rotatable bonds is 4. The maximum absolute atomic E-state index is 6.39. The number of benzene rings is 3. The van der Waals surface area contributed by atoms with Crippen LogP contribution in [0.25, 0.3) is 33.4 Å². The van der Waals surface area contributed by atoms with Crippen LogP contribution in [0, 0.1) is 13.8 Å². The second-order valence-electron chi connectivity index (χ2n) is 7.40. The molecule has 0 saturated carbocycles. The Morgan fingerprint density at radius 3 is 2.41 bits per heavy atom. The van der Waals surface area contributed by atoms with Gasteiger partial charge in [-0.05, 0) is 68.7 Å². The lowest BCUT2D eigenvalue weighted by atomic mass is 9.91. The Balaban J connectivity index is 2.14. The Morgan fingerprint density at radius 2 is 1.72 bits per heavy atom. The molecule has 0 fully saturated rings. The number of nitrogens with one attached hydrogen (secondary N) is 1. The van der Waals surface area contributed by atoms with Crippen molar-refractivity contribution in [1.29, 1.82) is 0 Å². The highest BCUT2D eigenvalue weighted by Crippen LogP contribution is 2.41. The first-order valence-electron chi connectivity index (χ1n) is 10.1. The molecule has 1 heterocycles. The van der Waals surface area contributed by atoms with E-state index in [4.69, 9.17) is 10.2 Å². The van der Waals surface area contributed by atoms with Gasteiger partial charge in [0.05, 0.1) is 5.36 Å². The topological polar surface area (TPSA) is 63.5 Å². The maximum Gasteiger partial charge on any atom is 0.137 e. The molecule has 0 unspecified atom stereocenters. The molecule has 29 heavy (non-hydrogen) atoms. The average Bonchev–Trinajstić information content (AvgIpc) is 2.69. The lowest BCUT2D eigenvalue weighted by Gasteiger charge is -2.18. The summed E-state index contributed by atoms with van der Waals surface area (Å²) in [5.74, 6) is 0.841. The van der Waals surface area contributed by atoms with E-state index in [0.29, 0.717) is 0 Å². The van der Waals surface area contributed by atoms with Gasteiger partial charge in [-0.1, -0.05) is 12.1 Å². The molecule has 2 aromatic carbocycles. The maximum atomic E-state index is 6.39. The number of aryl methyl sites for hydroxylation is 2. The minimum Gasteiger partial charge on any atom is -0.456 e. The quantitative estimate of drug-likeness (QED) is 0.347. The Hall–Kier alpha value is -3.27. The molecule has 0 aromatic heterocycles. The number of hydrogen-bond donors (Lipinski definition) is 2. The Kier molecular flexibility index (Phi) is 5.01. The first-order valence-corrected chi connectivity index (χ1v) is 10.1. The summed E-state index contributed by atoms with van der Waals surface area (Å²) in [5, 5.41) is 5.50. The fourth-order valence-electron chi connectivity index (χ4n) is 3.87. The van der Waals surface area contributed by atoms with Gasteiger partial charge in [0.25, 0.3) is 0 Å². The highest BCUT2D eigenvalue weighted by Gasteiger charge is 2.19. The summed E-state index contributed by atoms with van der Waals surface area (Å²) in [6.45, 7) is 9.99. The van der Waals surface area contributed by atoms with E-state index < -0.39 is 0 Å². The molecule has 0 radical (unpaired) electrons. The predicted octanol–water partition coefficient (Wildman–Crippen LogP) is 5.76. The van der Waals surface area contributed by atoms with Crippen molar-refractivity contribution in [3.63, 3.8) is 0 Å². The fraction of sp³-hybridized carbons (Fsp3) is 0.240. The summed E-state index contributed by atoms with van der Waals surface area (Å²) < 4.78 is 6.39. The first kappa shape index (κ1) is 19.1. The van der Waals surface area contributed by atoms with Gasteiger partial charge in [-0.2, -0.15) is 0 Å². The predicted molar refractivity (Wildman–Crippen MR) is 122 cm³/mol. The van der Waals surface area contributed by atoms with Gasteiger partial charge in [0.15, 0.2) is 0 Å². The van der Waals surface area contributed by atoms with Crippen LogP contribution in [0.3, 0.4) is 0 Å². The number of hydrogen-bond acceptors (Lipinski definition) is 4. The van der Waals surface area contributed by atoms with Gasteiger partial charge in [-0.25, -0.2) is 0 Å². The van der Waals surface area contributed by atoms with Crippen LogP contribution in [-0.2, 0) is 0 Å². The molecule has 1 aliphatic carbocycles. The SMILES string of the molecule is CC/N=c1/cc2oc3cc(NCC)c(C)cc3c(-c3ccc(N)cc3)c-2cc1C. The average molecular weight is 386 g/mol. The summed E-state index contributed by atoms with van der Waals surface area (Å²) >= 11 is 0. The van der Waals surface area contributed by atoms with Crippen LogP contribution in [0.5, 0.6) is 0 Å². The van der Waals surface area contributed by atoms with Gasteiger partial charge in [0, 0.05) is 53.1 Å². The minimum absolute atomic E-state index is 0.745. The van der Waals surface area contributed by atoms with Gasteiger partial charge >= 0.3 is 0 Å². The first-order chi connectivity index (χ1) is 14.0. The van der Waals surface area contributed by atoms with E-state index in [1.165, 1.54) is 11.1 Å². The Morgan fingerprint density at radius 1 is 0.966 bits per heavy atom. The van der Waals surface area contributed by atoms with E-state index in [1.54, 1.807) is 0 Å². The summed E-state index contributed by atoms with van der Waals surface area (Å²) in [6.07, 6.45) is 0. The van der Waals surface area contributed by atoms with Crippen molar-refractivity contribution in [3.05, 3.63) is 65.0 Å². The van der Waals surface area contributed by atoms with Gasteiger partial charge in [-0.3, -0.25) is 4.99 Å². The number of nitrogens with zero attached hydrogens (tertiary/aromatic N) is 1. The van der Waals surface area contributed by atoms with E-state index in [1.807, 2.05) is 19.1 Å². The molecule has 0 atom stereocenters. The molecule has 0 saturated heterocycles. The molecule has 4 nitrogen and oxygen atoms in total. The van der Waals surface area contributed by atoms with E-state index in [9.17, 15) is 0 Å². The van der Waals surface area contributed by atoms with Gasteiger partial charge in [0.2, 0.25) is 0 Å². The van der Waals surface area contributed by atoms with Crippen LogP contribution in [0.1, 0.15) is 25.0 Å². The molecule has 0 spiro atoms. The Labute approximate surface area is 171 Å². The van der Waals surface area contributed by atoms with Crippen LogP contribution in [0.2, 0.25) is 0 Å². The van der Waals surface area contributed by atoms with Crippen molar-refractivity contribution in [1.82, 2.24) is 0 Å². The Bertz CT molecular complexity index is 1220. The van der Waals surface area contributed by atoms with Crippen LogP contribution >= 0.6 is 0 Å². The molecular weight excluding hydrogens is 358 g/mol. The van der Waals surface area contributed by atoms with Crippen molar-refractivity contribution in [3.8, 4) is 22.5 Å². The molecule has 0 amide bonds. The molecule has 0 bridgehead atoms. The van der Waals surface area contributed by atoms with Crippen LogP contribution < -0.4 is 16.4 Å². The summed E-state index contributed by atoms with van der Waals surface area (Å²) in [4.78, 5) is 4.62. The van der Waals surface area contributed by atoms with E-state index in [-0.39, 0.29) is 0 Å². The van der Waals surface area contributed by atoms with E-state index in [2.05, 4.69) is 67.5 Å². The number of anilines is 2. The largest absolute Gasteiger partial charge is 0.456 e. The number of fused-ring (bicyclic) bond motifs is 2. The second-order valence-corrected chi connectivity index (χ2v) is 7.40. The van der Waals surface area contributed by atoms with Gasteiger partial charge < -0.3 is 15.5 Å². The zero-order chi connectivity index (χ0) is 20.5. The molecule has 2 aliphatic rings. The molecule has 148 valence electrons. The van der Waals surface area contributed by atoms with Crippen molar-refractivity contribution < 1.29 is 4.42 Å². The number of nitrogen functional groups attached to an aromatic ring is 1. The highest BCUT2D eigenvalue weighted by atomic mass is 16.3. The monoisotopic (exact) mass is 385 g/mol. The molecule has 2 aromatic rings. The summed E-state index contributed by atoms with van der Waals surface area (Å²) in [7, 11) is 0. The smallest absolute Gasteiger partial charge is 0.137 e. The standard InChI is InChI=1S/C25H27N3O/c1-5-27-21-13-23-19(11-15(21)3)25(17-7-9-18(26)10-8-17)20-12-16(4)22(28-6-2)14-24(20)29-23/h7-14,27H,5-6,26H2,1-4H3/b28-22-. The van der Waals surface area contributed by atoms with E-state index in [0.717, 1.165) is 63.2 Å². The second kappa shape index (κ2) is 7.63. The minimum atomic E-state index is 0.745. The van der Waals surface area contributed by atoms with Crippen LogP contribution in [0.15, 0.2) is 57.9 Å². The van der Waals surface area contributed by atoms with Crippen LogP contribution in [-0.4, -0.2) is 13.1 Å². The third-order valence-corrected chi connectivity index (χ3v) is 5.28. The lowest BCUT2D eigenvalue weighted by molar-refractivity contribution is 0.618. The summed E-state index contributed by atoms with van der Waals surface area (Å²) in [6, 6.07) is 16.6.